The van der Waals surface area contributed by atoms with Crippen molar-refractivity contribution < 1.29 is 9.53 Å². The highest BCUT2D eigenvalue weighted by Gasteiger charge is 2.13. The highest BCUT2D eigenvalue weighted by Crippen LogP contribution is 2.36. The van der Waals surface area contributed by atoms with Crippen molar-refractivity contribution in [2.75, 3.05) is 6.61 Å². The molecule has 0 N–H and O–H groups in total. The van der Waals surface area contributed by atoms with Gasteiger partial charge in [0.05, 0.1) is 12.2 Å². The molecule has 0 aliphatic heterocycles. The normalized spacial score (nSPS) is 11.5. The standard InChI is InChI=1S/C19H13BrO2/c1-2-22-19(21)15-7-11-3-5-13-9-16(20)10-14-6-4-12(8-15)17(11)18(13)14/h3-10H,2H2,1H3. The number of hydrogen-bond acceptors (Lipinski definition) is 2. The van der Waals surface area contributed by atoms with Crippen LogP contribution in [0.25, 0.3) is 32.3 Å². The molecule has 0 fully saturated rings. The van der Waals surface area contributed by atoms with Crippen LogP contribution in [0.5, 0.6) is 0 Å². The van der Waals surface area contributed by atoms with Crippen molar-refractivity contribution in [2.24, 2.45) is 0 Å². The Morgan fingerprint density at radius 3 is 1.82 bits per heavy atom. The third-order valence-electron chi connectivity index (χ3n) is 4.01. The monoisotopic (exact) mass is 352 g/mol. The lowest BCUT2D eigenvalue weighted by atomic mass is 9.93. The molecule has 0 aliphatic carbocycles. The number of hydrogen-bond donors (Lipinski definition) is 0. The first-order valence-corrected chi connectivity index (χ1v) is 8.02. The van der Waals surface area contributed by atoms with Crippen molar-refractivity contribution >= 4 is 54.2 Å². The molecular weight excluding hydrogens is 340 g/mol. The lowest BCUT2D eigenvalue weighted by Crippen LogP contribution is -2.04. The Balaban J connectivity index is 2.10. The molecule has 0 saturated heterocycles. The highest BCUT2D eigenvalue weighted by molar-refractivity contribution is 9.10. The fourth-order valence-electron chi connectivity index (χ4n) is 3.13. The second-order valence-corrected chi connectivity index (χ2v) is 6.29. The lowest BCUT2D eigenvalue weighted by Gasteiger charge is -2.12. The van der Waals surface area contributed by atoms with Crippen LogP contribution in [0.1, 0.15) is 17.3 Å². The number of rotatable bonds is 2. The summed E-state index contributed by atoms with van der Waals surface area (Å²) in [6.07, 6.45) is 0. The van der Waals surface area contributed by atoms with Crippen LogP contribution < -0.4 is 0 Å². The second-order valence-electron chi connectivity index (χ2n) is 5.38. The zero-order chi connectivity index (χ0) is 15.3. The second kappa shape index (κ2) is 4.96. The Morgan fingerprint density at radius 1 is 0.909 bits per heavy atom. The van der Waals surface area contributed by atoms with Crippen molar-refractivity contribution in [2.45, 2.75) is 6.92 Å². The fourth-order valence-corrected chi connectivity index (χ4v) is 3.63. The Hall–Kier alpha value is -2.13. The van der Waals surface area contributed by atoms with Gasteiger partial charge in [0, 0.05) is 4.47 Å². The van der Waals surface area contributed by atoms with Crippen LogP contribution in [-0.2, 0) is 4.74 Å². The van der Waals surface area contributed by atoms with Gasteiger partial charge in [-0.3, -0.25) is 0 Å². The SMILES string of the molecule is CCOC(=O)c1cc2ccc3cc(Br)cc4ccc(c1)c2c34. The molecule has 0 saturated carbocycles. The molecule has 22 heavy (non-hydrogen) atoms. The van der Waals surface area contributed by atoms with E-state index in [1.807, 2.05) is 19.1 Å². The van der Waals surface area contributed by atoms with E-state index in [0.717, 1.165) is 15.2 Å². The molecule has 0 atom stereocenters. The van der Waals surface area contributed by atoms with Gasteiger partial charge in [0.1, 0.15) is 0 Å². The molecule has 0 spiro atoms. The van der Waals surface area contributed by atoms with E-state index in [1.165, 1.54) is 21.5 Å². The summed E-state index contributed by atoms with van der Waals surface area (Å²) in [4.78, 5) is 12.0. The van der Waals surface area contributed by atoms with Crippen LogP contribution in [0, 0.1) is 0 Å². The van der Waals surface area contributed by atoms with Crippen LogP contribution in [-0.4, -0.2) is 12.6 Å². The van der Waals surface area contributed by atoms with E-state index in [-0.39, 0.29) is 5.97 Å². The number of carbonyl (C=O) groups excluding carboxylic acids is 1. The van der Waals surface area contributed by atoms with Gasteiger partial charge < -0.3 is 4.74 Å². The smallest absolute Gasteiger partial charge is 0.338 e. The number of carbonyl (C=O) groups is 1. The van der Waals surface area contributed by atoms with E-state index in [2.05, 4.69) is 52.3 Å². The first kappa shape index (κ1) is 13.5. The quantitative estimate of drug-likeness (QED) is 0.350. The minimum Gasteiger partial charge on any atom is -0.462 e. The van der Waals surface area contributed by atoms with Crippen LogP contribution in [0.15, 0.2) is 53.0 Å². The van der Waals surface area contributed by atoms with E-state index in [4.69, 9.17) is 4.74 Å². The van der Waals surface area contributed by atoms with Crippen LogP contribution in [0.3, 0.4) is 0 Å². The summed E-state index contributed by atoms with van der Waals surface area (Å²) < 4.78 is 6.20. The summed E-state index contributed by atoms with van der Waals surface area (Å²) in [5, 5.41) is 6.99. The summed E-state index contributed by atoms with van der Waals surface area (Å²) in [6, 6.07) is 16.4. The van der Waals surface area contributed by atoms with Crippen LogP contribution >= 0.6 is 15.9 Å². The largest absolute Gasteiger partial charge is 0.462 e. The Kier molecular flexibility index (Phi) is 3.05. The third kappa shape index (κ3) is 1.97. The molecule has 108 valence electrons. The summed E-state index contributed by atoms with van der Waals surface area (Å²) in [7, 11) is 0. The van der Waals surface area contributed by atoms with Gasteiger partial charge in [-0.1, -0.05) is 40.2 Å². The Labute approximate surface area is 136 Å². The van der Waals surface area contributed by atoms with Gasteiger partial charge in [0.15, 0.2) is 0 Å². The minimum atomic E-state index is -0.268. The molecule has 4 rings (SSSR count). The predicted molar refractivity (Wildman–Crippen MR) is 93.8 cm³/mol. The molecule has 4 aromatic carbocycles. The van der Waals surface area contributed by atoms with Crippen molar-refractivity contribution in [1.29, 1.82) is 0 Å². The molecule has 0 unspecified atom stereocenters. The summed E-state index contributed by atoms with van der Waals surface area (Å²) in [5.74, 6) is -0.268. The van der Waals surface area contributed by atoms with Crippen molar-refractivity contribution in [3.05, 3.63) is 58.6 Å². The van der Waals surface area contributed by atoms with Crippen LogP contribution in [0.2, 0.25) is 0 Å². The average Bonchev–Trinajstić information content (AvgIpc) is 2.52. The van der Waals surface area contributed by atoms with Gasteiger partial charge in [-0.25, -0.2) is 4.79 Å². The highest BCUT2D eigenvalue weighted by atomic mass is 79.9. The molecule has 0 aromatic heterocycles. The molecule has 0 aliphatic rings. The molecule has 0 heterocycles. The molecule has 2 nitrogen and oxygen atoms in total. The zero-order valence-corrected chi connectivity index (χ0v) is 13.6. The summed E-state index contributed by atoms with van der Waals surface area (Å²) in [5.41, 5.74) is 0.605. The van der Waals surface area contributed by atoms with Gasteiger partial charge in [0.25, 0.3) is 0 Å². The number of benzene rings is 4. The third-order valence-corrected chi connectivity index (χ3v) is 4.47. The average molecular weight is 353 g/mol. The first-order valence-electron chi connectivity index (χ1n) is 7.22. The van der Waals surface area contributed by atoms with Crippen molar-refractivity contribution in [1.82, 2.24) is 0 Å². The summed E-state index contributed by atoms with van der Waals surface area (Å²) in [6.45, 7) is 2.21. The van der Waals surface area contributed by atoms with Crippen molar-refractivity contribution in [3.8, 4) is 0 Å². The van der Waals surface area contributed by atoms with Gasteiger partial charge in [0.2, 0.25) is 0 Å². The van der Waals surface area contributed by atoms with Gasteiger partial charge >= 0.3 is 5.97 Å². The fraction of sp³-hybridized carbons (Fsp3) is 0.105. The minimum absolute atomic E-state index is 0.268. The number of halogens is 1. The summed E-state index contributed by atoms with van der Waals surface area (Å²) >= 11 is 3.56. The number of esters is 1. The maximum Gasteiger partial charge on any atom is 0.338 e. The molecule has 0 radical (unpaired) electrons. The Bertz CT molecular complexity index is 953. The topological polar surface area (TPSA) is 26.3 Å². The van der Waals surface area contributed by atoms with E-state index in [1.54, 1.807) is 0 Å². The Morgan fingerprint density at radius 2 is 1.36 bits per heavy atom. The van der Waals surface area contributed by atoms with Crippen molar-refractivity contribution in [3.63, 3.8) is 0 Å². The maximum atomic E-state index is 12.0. The molecule has 0 bridgehead atoms. The van der Waals surface area contributed by atoms with E-state index < -0.39 is 0 Å². The van der Waals surface area contributed by atoms with Gasteiger partial charge in [-0.2, -0.15) is 0 Å². The van der Waals surface area contributed by atoms with E-state index in [0.29, 0.717) is 12.2 Å². The lowest BCUT2D eigenvalue weighted by molar-refractivity contribution is 0.0526. The van der Waals surface area contributed by atoms with Crippen LogP contribution in [0.4, 0.5) is 0 Å². The van der Waals surface area contributed by atoms with E-state index >= 15 is 0 Å². The molecule has 3 heteroatoms. The zero-order valence-electron chi connectivity index (χ0n) is 12.0. The van der Waals surface area contributed by atoms with E-state index in [9.17, 15) is 4.79 Å². The molecule has 4 aromatic rings. The van der Waals surface area contributed by atoms with Gasteiger partial charge in [-0.15, -0.1) is 0 Å². The van der Waals surface area contributed by atoms with Gasteiger partial charge in [-0.05, 0) is 63.5 Å². The number of ether oxygens (including phenoxy) is 1. The maximum absolute atomic E-state index is 12.0. The molecule has 0 amide bonds. The molecular formula is C19H13BrO2. The first-order chi connectivity index (χ1) is 10.7. The predicted octanol–water partition coefficient (Wildman–Crippen LogP) is 5.52.